The summed E-state index contributed by atoms with van der Waals surface area (Å²) in [5.41, 5.74) is 5.63. The molecule has 0 saturated heterocycles. The third-order valence-electron chi connectivity index (χ3n) is 3.35. The number of pyridine rings is 1. The van der Waals surface area contributed by atoms with E-state index in [1.807, 2.05) is 0 Å². The van der Waals surface area contributed by atoms with Gasteiger partial charge in [-0.05, 0) is 36.5 Å². The molecule has 0 unspecified atom stereocenters. The van der Waals surface area contributed by atoms with Gasteiger partial charge in [0.2, 0.25) is 5.69 Å². The lowest BCUT2D eigenvalue weighted by Crippen LogP contribution is -2.32. The second kappa shape index (κ2) is 5.16. The molecule has 0 atom stereocenters. The Bertz CT molecular complexity index is 576. The summed E-state index contributed by atoms with van der Waals surface area (Å²) in [5.74, 6) is 0. The topological polar surface area (TPSA) is 3.88 Å². The van der Waals surface area contributed by atoms with Crippen LogP contribution < -0.4 is 4.57 Å². The van der Waals surface area contributed by atoms with Crippen LogP contribution in [-0.2, 0) is 13.5 Å². The fourth-order valence-corrected chi connectivity index (χ4v) is 2.52. The minimum Gasteiger partial charge on any atom is -0.201 e. The largest absolute Gasteiger partial charge is 0.212 e. The molecule has 0 amide bonds. The minimum absolute atomic E-state index is 0.331. The number of benzene rings is 1. The van der Waals surface area contributed by atoms with Crippen molar-refractivity contribution in [2.24, 2.45) is 12.5 Å². The predicted octanol–water partition coefficient (Wildman–Crippen LogP) is 4.08. The molecular formula is C18H24N+. The van der Waals surface area contributed by atoms with Gasteiger partial charge in [0.15, 0.2) is 6.20 Å². The van der Waals surface area contributed by atoms with Gasteiger partial charge in [0.1, 0.15) is 7.05 Å². The summed E-state index contributed by atoms with van der Waals surface area (Å²) < 4.78 is 2.24. The highest BCUT2D eigenvalue weighted by Crippen LogP contribution is 2.23. The highest BCUT2D eigenvalue weighted by atomic mass is 14.9. The first-order chi connectivity index (χ1) is 8.87. The Morgan fingerprint density at radius 3 is 2.26 bits per heavy atom. The normalized spacial score (nSPS) is 11.6. The first kappa shape index (κ1) is 13.8. The summed E-state index contributed by atoms with van der Waals surface area (Å²) in [6.45, 7) is 9.01. The fraction of sp³-hybridized carbons (Fsp3) is 0.389. The standard InChI is InChI=1S/C18H24N/c1-14-8-6-7-9-16(14)17-11-10-15(13-19(17)5)12-18(2,3)4/h6-11,13H,12H2,1-5H3/q+1. The number of nitrogens with zero attached hydrogens (tertiary/aromatic N) is 1. The molecule has 0 aliphatic rings. The highest BCUT2D eigenvalue weighted by molar-refractivity contribution is 5.60. The zero-order valence-electron chi connectivity index (χ0n) is 12.7. The van der Waals surface area contributed by atoms with Crippen LogP contribution in [0.15, 0.2) is 42.6 Å². The number of aryl methyl sites for hydroxylation is 2. The summed E-state index contributed by atoms with van der Waals surface area (Å²) in [5, 5.41) is 0. The van der Waals surface area contributed by atoms with Crippen molar-refractivity contribution >= 4 is 0 Å². The Morgan fingerprint density at radius 1 is 1.00 bits per heavy atom. The van der Waals surface area contributed by atoms with Crippen molar-refractivity contribution in [3.05, 3.63) is 53.7 Å². The second-order valence-corrected chi connectivity index (χ2v) is 6.59. The van der Waals surface area contributed by atoms with Crippen molar-refractivity contribution in [1.82, 2.24) is 0 Å². The molecule has 2 aromatic rings. The van der Waals surface area contributed by atoms with Crippen LogP contribution in [-0.4, -0.2) is 0 Å². The van der Waals surface area contributed by atoms with E-state index in [0.717, 1.165) is 6.42 Å². The van der Waals surface area contributed by atoms with E-state index in [1.165, 1.54) is 22.4 Å². The smallest absolute Gasteiger partial charge is 0.201 e. The van der Waals surface area contributed by atoms with Gasteiger partial charge in [-0.3, -0.25) is 0 Å². The third-order valence-corrected chi connectivity index (χ3v) is 3.35. The van der Waals surface area contributed by atoms with Crippen molar-refractivity contribution in [1.29, 1.82) is 0 Å². The van der Waals surface area contributed by atoms with Crippen LogP contribution in [0.3, 0.4) is 0 Å². The van der Waals surface area contributed by atoms with E-state index in [1.54, 1.807) is 0 Å². The Kier molecular flexibility index (Phi) is 3.75. The van der Waals surface area contributed by atoms with Gasteiger partial charge in [-0.25, -0.2) is 4.57 Å². The molecule has 0 fully saturated rings. The molecule has 2 rings (SSSR count). The molecular weight excluding hydrogens is 230 g/mol. The van der Waals surface area contributed by atoms with E-state index >= 15 is 0 Å². The average Bonchev–Trinajstić information content (AvgIpc) is 2.28. The van der Waals surface area contributed by atoms with E-state index in [9.17, 15) is 0 Å². The van der Waals surface area contributed by atoms with Gasteiger partial charge in [0.05, 0.1) is 0 Å². The number of hydrogen-bond acceptors (Lipinski definition) is 0. The molecule has 1 heteroatoms. The molecule has 100 valence electrons. The van der Waals surface area contributed by atoms with Gasteiger partial charge in [-0.2, -0.15) is 0 Å². The molecule has 0 radical (unpaired) electrons. The molecule has 0 spiro atoms. The van der Waals surface area contributed by atoms with Crippen LogP contribution in [0.25, 0.3) is 11.3 Å². The van der Waals surface area contributed by atoms with Gasteiger partial charge in [-0.1, -0.05) is 39.0 Å². The Labute approximate surface area is 116 Å². The lowest BCUT2D eigenvalue weighted by atomic mass is 9.88. The van der Waals surface area contributed by atoms with Crippen LogP contribution >= 0.6 is 0 Å². The SMILES string of the molecule is Cc1ccccc1-c1ccc(CC(C)(C)C)c[n+]1C. The number of aromatic nitrogens is 1. The monoisotopic (exact) mass is 254 g/mol. The zero-order valence-corrected chi connectivity index (χ0v) is 12.7. The van der Waals surface area contributed by atoms with Gasteiger partial charge in [-0.15, -0.1) is 0 Å². The molecule has 1 aromatic carbocycles. The van der Waals surface area contributed by atoms with Crippen molar-refractivity contribution in [3.63, 3.8) is 0 Å². The lowest BCUT2D eigenvalue weighted by Gasteiger charge is -2.17. The van der Waals surface area contributed by atoms with E-state index in [4.69, 9.17) is 0 Å². The van der Waals surface area contributed by atoms with Crippen molar-refractivity contribution < 1.29 is 4.57 Å². The van der Waals surface area contributed by atoms with Crippen LogP contribution in [0.5, 0.6) is 0 Å². The van der Waals surface area contributed by atoms with Gasteiger partial charge in [0.25, 0.3) is 0 Å². The average molecular weight is 254 g/mol. The molecule has 1 heterocycles. The molecule has 0 saturated carbocycles. The fourth-order valence-electron chi connectivity index (χ4n) is 2.52. The highest BCUT2D eigenvalue weighted by Gasteiger charge is 2.16. The predicted molar refractivity (Wildman–Crippen MR) is 81.0 cm³/mol. The molecule has 0 bridgehead atoms. The molecule has 0 N–H and O–H groups in total. The summed E-state index contributed by atoms with van der Waals surface area (Å²) in [4.78, 5) is 0. The number of rotatable bonds is 2. The quantitative estimate of drug-likeness (QED) is 0.711. The number of hydrogen-bond donors (Lipinski definition) is 0. The van der Waals surface area contributed by atoms with Crippen LogP contribution in [0, 0.1) is 12.3 Å². The van der Waals surface area contributed by atoms with E-state index in [0.29, 0.717) is 5.41 Å². The first-order valence-electron chi connectivity index (χ1n) is 6.91. The maximum absolute atomic E-state index is 2.28. The van der Waals surface area contributed by atoms with E-state index < -0.39 is 0 Å². The zero-order chi connectivity index (χ0) is 14.0. The Hall–Kier alpha value is -1.63. The lowest BCUT2D eigenvalue weighted by molar-refractivity contribution is -0.660. The molecule has 0 aliphatic heterocycles. The van der Waals surface area contributed by atoms with E-state index in [2.05, 4.69) is 81.9 Å². The first-order valence-corrected chi connectivity index (χ1v) is 6.91. The maximum atomic E-state index is 2.28. The van der Waals surface area contributed by atoms with Crippen molar-refractivity contribution in [3.8, 4) is 11.3 Å². The maximum Gasteiger partial charge on any atom is 0.212 e. The summed E-state index contributed by atoms with van der Waals surface area (Å²) >= 11 is 0. The molecule has 1 nitrogen and oxygen atoms in total. The van der Waals surface area contributed by atoms with Crippen LogP contribution in [0.1, 0.15) is 31.9 Å². The summed E-state index contributed by atoms with van der Waals surface area (Å²) in [7, 11) is 2.13. The van der Waals surface area contributed by atoms with E-state index in [-0.39, 0.29) is 0 Å². The van der Waals surface area contributed by atoms with Gasteiger partial charge in [0, 0.05) is 17.2 Å². The van der Waals surface area contributed by atoms with Gasteiger partial charge < -0.3 is 0 Å². The Morgan fingerprint density at radius 2 is 1.68 bits per heavy atom. The minimum atomic E-state index is 0.331. The molecule has 0 aliphatic carbocycles. The molecule has 1 aromatic heterocycles. The third kappa shape index (κ3) is 3.44. The second-order valence-electron chi connectivity index (χ2n) is 6.59. The summed E-state index contributed by atoms with van der Waals surface area (Å²) in [6.07, 6.45) is 3.36. The molecule has 19 heavy (non-hydrogen) atoms. The van der Waals surface area contributed by atoms with Crippen molar-refractivity contribution in [2.45, 2.75) is 34.1 Å². The van der Waals surface area contributed by atoms with Gasteiger partial charge >= 0.3 is 0 Å². The summed E-state index contributed by atoms with van der Waals surface area (Å²) in [6, 6.07) is 13.0. The van der Waals surface area contributed by atoms with Crippen LogP contribution in [0.4, 0.5) is 0 Å². The Balaban J connectivity index is 2.38. The van der Waals surface area contributed by atoms with Crippen LogP contribution in [0.2, 0.25) is 0 Å². The van der Waals surface area contributed by atoms with Crippen molar-refractivity contribution in [2.75, 3.05) is 0 Å².